The Morgan fingerprint density at radius 3 is 2.57 bits per heavy atom. The number of nitrogens with zero attached hydrogens (tertiary/aromatic N) is 4. The fraction of sp³-hybridized carbons (Fsp3) is 0.312. The van der Waals surface area contributed by atoms with Gasteiger partial charge in [-0.05, 0) is 31.2 Å². The monoisotopic (exact) mass is 348 g/mol. The van der Waals surface area contributed by atoms with E-state index in [2.05, 4.69) is 15.1 Å². The number of hydrogen-bond donors (Lipinski definition) is 0. The number of rotatable bonds is 5. The summed E-state index contributed by atoms with van der Waals surface area (Å²) in [5.41, 5.74) is 1.01. The third kappa shape index (κ3) is 3.59. The predicted octanol–water partition coefficient (Wildman–Crippen LogP) is 4.89. The van der Waals surface area contributed by atoms with E-state index < -0.39 is 0 Å². The highest BCUT2D eigenvalue weighted by atomic mass is 35.5. The van der Waals surface area contributed by atoms with Crippen LogP contribution in [0, 0.1) is 0 Å². The van der Waals surface area contributed by atoms with Gasteiger partial charge in [0.2, 0.25) is 5.89 Å². The van der Waals surface area contributed by atoms with Gasteiger partial charge in [-0.25, -0.2) is 4.98 Å². The summed E-state index contributed by atoms with van der Waals surface area (Å²) in [5.74, 6) is 1.60. The van der Waals surface area contributed by atoms with Gasteiger partial charge in [-0.1, -0.05) is 42.4 Å². The van der Waals surface area contributed by atoms with E-state index in [9.17, 15) is 0 Å². The van der Waals surface area contributed by atoms with Crippen LogP contribution in [-0.4, -0.2) is 19.7 Å². The second kappa shape index (κ2) is 6.76. The van der Waals surface area contributed by atoms with E-state index in [0.717, 1.165) is 16.7 Å². The van der Waals surface area contributed by atoms with Gasteiger partial charge >= 0.3 is 0 Å². The second-order valence-electron chi connectivity index (χ2n) is 5.46. The van der Waals surface area contributed by atoms with Gasteiger partial charge in [-0.2, -0.15) is 4.98 Å². The minimum atomic E-state index is 0.0171. The van der Waals surface area contributed by atoms with Gasteiger partial charge in [0.25, 0.3) is 0 Å². The number of aromatic nitrogens is 4. The molecule has 3 rings (SSSR count). The number of benzene rings is 1. The second-order valence-corrected chi connectivity index (χ2v) is 7.21. The third-order valence-corrected chi connectivity index (χ3v) is 4.64. The molecule has 0 unspecified atom stereocenters. The lowest BCUT2D eigenvalue weighted by Crippen LogP contribution is -1.98. The maximum absolute atomic E-state index is 5.95. The average Bonchev–Trinajstić information content (AvgIpc) is 3.17. The highest BCUT2D eigenvalue weighted by Gasteiger charge is 2.19. The van der Waals surface area contributed by atoms with E-state index in [1.54, 1.807) is 18.0 Å². The van der Waals surface area contributed by atoms with Gasteiger partial charge in [0.05, 0.1) is 5.25 Å². The first kappa shape index (κ1) is 16.1. The van der Waals surface area contributed by atoms with Crippen molar-refractivity contribution in [3.63, 3.8) is 0 Å². The quantitative estimate of drug-likeness (QED) is 0.615. The van der Waals surface area contributed by atoms with Crippen molar-refractivity contribution in [2.24, 2.45) is 0 Å². The third-order valence-electron chi connectivity index (χ3n) is 3.32. The summed E-state index contributed by atoms with van der Waals surface area (Å²) in [7, 11) is 0. The fourth-order valence-corrected chi connectivity index (χ4v) is 3.07. The first-order valence-electron chi connectivity index (χ1n) is 7.34. The molecule has 0 saturated carbocycles. The lowest BCUT2D eigenvalue weighted by atomic mass is 10.2. The minimum absolute atomic E-state index is 0.0171. The zero-order valence-electron chi connectivity index (χ0n) is 13.1. The van der Waals surface area contributed by atoms with E-state index in [0.29, 0.717) is 10.9 Å². The van der Waals surface area contributed by atoms with Crippen molar-refractivity contribution in [2.75, 3.05) is 0 Å². The Morgan fingerprint density at radius 1 is 1.17 bits per heavy atom. The molecule has 0 radical (unpaired) electrons. The zero-order chi connectivity index (χ0) is 16.4. The number of thioether (sulfide) groups is 1. The Morgan fingerprint density at radius 2 is 1.91 bits per heavy atom. The SMILES string of the molecule is CC(C)c1noc([C@H](C)Sc2nccn2-c2ccc(Cl)cc2)n1. The summed E-state index contributed by atoms with van der Waals surface area (Å²) in [4.78, 5) is 8.88. The van der Waals surface area contributed by atoms with Crippen LogP contribution in [0.3, 0.4) is 0 Å². The largest absolute Gasteiger partial charge is 0.338 e. The van der Waals surface area contributed by atoms with Crippen molar-refractivity contribution in [1.29, 1.82) is 0 Å². The lowest BCUT2D eigenvalue weighted by Gasteiger charge is -2.10. The van der Waals surface area contributed by atoms with Gasteiger partial charge < -0.3 is 4.52 Å². The molecule has 0 amide bonds. The summed E-state index contributed by atoms with van der Waals surface area (Å²) in [5, 5.41) is 5.61. The molecule has 23 heavy (non-hydrogen) atoms. The Bertz CT molecular complexity index is 781. The summed E-state index contributed by atoms with van der Waals surface area (Å²) < 4.78 is 7.37. The van der Waals surface area contributed by atoms with Crippen molar-refractivity contribution < 1.29 is 4.52 Å². The molecule has 0 saturated heterocycles. The topological polar surface area (TPSA) is 56.7 Å². The molecule has 1 atom stereocenters. The van der Waals surface area contributed by atoms with Crippen molar-refractivity contribution >= 4 is 23.4 Å². The Balaban J connectivity index is 1.80. The fourth-order valence-electron chi connectivity index (χ4n) is 2.03. The van der Waals surface area contributed by atoms with Crippen LogP contribution in [0.1, 0.15) is 43.7 Å². The molecule has 1 aromatic carbocycles. The van der Waals surface area contributed by atoms with Crippen LogP contribution < -0.4 is 0 Å². The van der Waals surface area contributed by atoms with Crippen molar-refractivity contribution in [3.8, 4) is 5.69 Å². The van der Waals surface area contributed by atoms with E-state index in [-0.39, 0.29) is 11.2 Å². The van der Waals surface area contributed by atoms with Crippen LogP contribution in [0.4, 0.5) is 0 Å². The van der Waals surface area contributed by atoms with Gasteiger partial charge in [-0.3, -0.25) is 4.57 Å². The molecule has 0 spiro atoms. The number of imidazole rings is 1. The smallest absolute Gasteiger partial charge is 0.239 e. The maximum Gasteiger partial charge on any atom is 0.239 e. The minimum Gasteiger partial charge on any atom is -0.338 e. The normalized spacial score (nSPS) is 12.7. The standard InChI is InChI=1S/C16H17ClN4OS/c1-10(2)14-19-15(22-20-14)11(3)23-16-18-8-9-21(16)13-6-4-12(17)5-7-13/h4-11H,1-3H3/t11-/m0/s1. The molecule has 120 valence electrons. The Kier molecular flexibility index (Phi) is 4.73. The van der Waals surface area contributed by atoms with Crippen LogP contribution >= 0.6 is 23.4 Å². The van der Waals surface area contributed by atoms with E-state index >= 15 is 0 Å². The van der Waals surface area contributed by atoms with Crippen molar-refractivity contribution in [1.82, 2.24) is 19.7 Å². The number of halogens is 1. The van der Waals surface area contributed by atoms with Crippen LogP contribution in [0.5, 0.6) is 0 Å². The molecule has 3 aromatic rings. The molecule has 0 aliphatic rings. The van der Waals surface area contributed by atoms with Crippen LogP contribution in [0.15, 0.2) is 46.3 Å². The van der Waals surface area contributed by atoms with Crippen LogP contribution in [-0.2, 0) is 0 Å². The first-order valence-corrected chi connectivity index (χ1v) is 8.60. The molecule has 5 nitrogen and oxygen atoms in total. The van der Waals surface area contributed by atoms with Crippen molar-refractivity contribution in [3.05, 3.63) is 53.4 Å². The van der Waals surface area contributed by atoms with Gasteiger partial charge in [0, 0.05) is 29.0 Å². The summed E-state index contributed by atoms with van der Waals surface area (Å²) in [6.45, 7) is 6.11. The lowest BCUT2D eigenvalue weighted by molar-refractivity contribution is 0.373. The molecule has 2 aromatic heterocycles. The number of hydrogen-bond acceptors (Lipinski definition) is 5. The van der Waals surface area contributed by atoms with E-state index in [1.807, 2.05) is 55.8 Å². The highest BCUT2D eigenvalue weighted by molar-refractivity contribution is 7.99. The average molecular weight is 349 g/mol. The van der Waals surface area contributed by atoms with Crippen LogP contribution in [0.2, 0.25) is 5.02 Å². The Labute approximate surface area is 144 Å². The van der Waals surface area contributed by atoms with Gasteiger partial charge in [-0.15, -0.1) is 0 Å². The summed E-state index contributed by atoms with van der Waals surface area (Å²) >= 11 is 7.52. The van der Waals surface area contributed by atoms with Gasteiger partial charge in [0.1, 0.15) is 0 Å². The van der Waals surface area contributed by atoms with E-state index in [1.165, 1.54) is 0 Å². The molecule has 0 aliphatic carbocycles. The molecule has 7 heteroatoms. The maximum atomic E-state index is 5.95. The zero-order valence-corrected chi connectivity index (χ0v) is 14.7. The first-order chi connectivity index (χ1) is 11.0. The highest BCUT2D eigenvalue weighted by Crippen LogP contribution is 2.34. The van der Waals surface area contributed by atoms with Crippen molar-refractivity contribution in [2.45, 2.75) is 37.1 Å². The molecule has 0 N–H and O–H groups in total. The molecular formula is C16H17ClN4OS. The predicted molar refractivity (Wildman–Crippen MR) is 91.2 cm³/mol. The molecule has 0 aliphatic heterocycles. The molecular weight excluding hydrogens is 332 g/mol. The summed E-state index contributed by atoms with van der Waals surface area (Å²) in [6, 6.07) is 7.65. The Hall–Kier alpha value is -1.79. The summed E-state index contributed by atoms with van der Waals surface area (Å²) in [6.07, 6.45) is 3.70. The molecule has 2 heterocycles. The van der Waals surface area contributed by atoms with Gasteiger partial charge in [0.15, 0.2) is 11.0 Å². The van der Waals surface area contributed by atoms with E-state index in [4.69, 9.17) is 16.1 Å². The molecule has 0 fully saturated rings. The van der Waals surface area contributed by atoms with Crippen LogP contribution in [0.25, 0.3) is 5.69 Å². The molecule has 0 bridgehead atoms.